The van der Waals surface area contributed by atoms with Gasteiger partial charge in [0.2, 0.25) is 0 Å². The first-order valence-electron chi connectivity index (χ1n) is 2.73. The average molecular weight is 145 g/mol. The summed E-state index contributed by atoms with van der Waals surface area (Å²) in [6.07, 6.45) is 2.46. The van der Waals surface area contributed by atoms with Crippen molar-refractivity contribution in [1.82, 2.24) is 0 Å². The third kappa shape index (κ3) is 2.39. The molecule has 0 heterocycles. The Bertz CT molecular complexity index is 196. The molecule has 0 aromatic carbocycles. The minimum absolute atomic E-state index is 0.460. The van der Waals surface area contributed by atoms with Crippen LogP contribution in [-0.2, 0) is 0 Å². The molecule has 0 aliphatic heterocycles. The molecule has 0 aliphatic carbocycles. The molecule has 4 heteroatoms. The minimum atomic E-state index is -0.799. The lowest BCUT2D eigenvalue weighted by Crippen LogP contribution is -1.95. The summed E-state index contributed by atoms with van der Waals surface area (Å²) in [6.45, 7) is 2.71. The van der Waals surface area contributed by atoms with Crippen LogP contribution in [0.2, 0.25) is 0 Å². The van der Waals surface area contributed by atoms with Crippen LogP contribution in [0.1, 0.15) is 13.8 Å². The van der Waals surface area contributed by atoms with Gasteiger partial charge < -0.3 is 0 Å². The van der Waals surface area contributed by atoms with Gasteiger partial charge in [0, 0.05) is 6.92 Å². The van der Waals surface area contributed by atoms with Crippen molar-refractivity contribution in [2.45, 2.75) is 13.8 Å². The second-order valence-corrected chi connectivity index (χ2v) is 1.69. The van der Waals surface area contributed by atoms with E-state index in [1.807, 2.05) is 0 Å². The van der Waals surface area contributed by atoms with Gasteiger partial charge >= 0.3 is 0 Å². The molecule has 0 fully saturated rings. The summed E-state index contributed by atoms with van der Waals surface area (Å²) < 4.78 is 12.4. The first kappa shape index (κ1) is 8.81. The van der Waals surface area contributed by atoms with E-state index < -0.39 is 16.4 Å². The highest BCUT2D eigenvalue weighted by atomic mass is 19.1. The monoisotopic (exact) mass is 145 g/mol. The Morgan fingerprint density at radius 3 is 2.50 bits per heavy atom. The van der Waals surface area contributed by atoms with Crippen LogP contribution in [0, 0.1) is 10.1 Å². The summed E-state index contributed by atoms with van der Waals surface area (Å²) in [5.74, 6) is -0.799. The molecule has 0 spiro atoms. The van der Waals surface area contributed by atoms with Gasteiger partial charge in [-0.25, -0.2) is 0 Å². The van der Waals surface area contributed by atoms with E-state index in [4.69, 9.17) is 0 Å². The molecule has 3 nitrogen and oxygen atoms in total. The van der Waals surface area contributed by atoms with Crippen LogP contribution in [0.15, 0.2) is 23.7 Å². The standard InChI is InChI=1S/C6H8FNO2/c1-3-4-6(7)5(2)8(9)10/h3-4H,1-2H3/b4-3-,6-5-. The number of nitro groups is 1. The van der Waals surface area contributed by atoms with E-state index in [1.165, 1.54) is 6.08 Å². The Hall–Kier alpha value is -1.19. The topological polar surface area (TPSA) is 43.1 Å². The van der Waals surface area contributed by atoms with E-state index >= 15 is 0 Å². The van der Waals surface area contributed by atoms with Crippen LogP contribution in [0.5, 0.6) is 0 Å². The maximum Gasteiger partial charge on any atom is 0.278 e. The van der Waals surface area contributed by atoms with Gasteiger partial charge in [-0.2, -0.15) is 4.39 Å². The quantitative estimate of drug-likeness (QED) is 0.339. The SMILES string of the molecule is C/C=C\C(F)=C(/C)[N+](=O)[O-]. The molecule has 0 radical (unpaired) electrons. The number of hydrogen-bond donors (Lipinski definition) is 0. The van der Waals surface area contributed by atoms with Crippen molar-refractivity contribution in [2.75, 3.05) is 0 Å². The molecule has 56 valence electrons. The minimum Gasteiger partial charge on any atom is -0.259 e. The fourth-order valence-corrected chi connectivity index (χ4v) is 0.354. The lowest BCUT2D eigenvalue weighted by molar-refractivity contribution is -0.426. The van der Waals surface area contributed by atoms with Crippen LogP contribution in [0.4, 0.5) is 4.39 Å². The number of allylic oxidation sites excluding steroid dienone is 4. The van der Waals surface area contributed by atoms with E-state index in [9.17, 15) is 14.5 Å². The Balaban J connectivity index is 4.50. The van der Waals surface area contributed by atoms with Crippen LogP contribution in [0.25, 0.3) is 0 Å². The summed E-state index contributed by atoms with van der Waals surface area (Å²) in [7, 11) is 0. The van der Waals surface area contributed by atoms with Crippen molar-refractivity contribution in [3.8, 4) is 0 Å². The number of hydrogen-bond acceptors (Lipinski definition) is 2. The first-order chi connectivity index (χ1) is 4.59. The van der Waals surface area contributed by atoms with Crippen molar-refractivity contribution in [3.63, 3.8) is 0 Å². The molecule has 0 aromatic heterocycles. The summed E-state index contributed by atoms with van der Waals surface area (Å²) in [5, 5.41) is 9.89. The van der Waals surface area contributed by atoms with Crippen molar-refractivity contribution < 1.29 is 9.31 Å². The third-order valence-electron chi connectivity index (χ3n) is 0.932. The zero-order valence-corrected chi connectivity index (χ0v) is 5.80. The average Bonchev–Trinajstić information content (AvgIpc) is 1.87. The number of halogens is 1. The Kier molecular flexibility index (Phi) is 3.32. The van der Waals surface area contributed by atoms with Crippen LogP contribution < -0.4 is 0 Å². The molecule has 10 heavy (non-hydrogen) atoms. The van der Waals surface area contributed by atoms with E-state index in [0.29, 0.717) is 0 Å². The van der Waals surface area contributed by atoms with Crippen molar-refractivity contribution in [3.05, 3.63) is 33.8 Å². The Morgan fingerprint density at radius 2 is 2.20 bits per heavy atom. The summed E-state index contributed by atoms with van der Waals surface area (Å²) >= 11 is 0. The first-order valence-corrected chi connectivity index (χ1v) is 2.73. The van der Waals surface area contributed by atoms with Crippen LogP contribution in [-0.4, -0.2) is 4.92 Å². The molecule has 0 aliphatic rings. The maximum absolute atomic E-state index is 12.4. The highest BCUT2D eigenvalue weighted by Crippen LogP contribution is 2.06. The van der Waals surface area contributed by atoms with E-state index in [-0.39, 0.29) is 0 Å². The molecule has 0 unspecified atom stereocenters. The van der Waals surface area contributed by atoms with Gasteiger partial charge in [-0.15, -0.1) is 0 Å². The van der Waals surface area contributed by atoms with Crippen LogP contribution in [0.3, 0.4) is 0 Å². The molecule has 0 saturated carbocycles. The zero-order chi connectivity index (χ0) is 8.15. The fraction of sp³-hybridized carbons (Fsp3) is 0.333. The maximum atomic E-state index is 12.4. The summed E-state index contributed by atoms with van der Waals surface area (Å²) in [5.41, 5.74) is -0.460. The molecule has 0 bridgehead atoms. The molecular formula is C6H8FNO2. The fourth-order valence-electron chi connectivity index (χ4n) is 0.354. The molecular weight excluding hydrogens is 137 g/mol. The predicted molar refractivity (Wildman–Crippen MR) is 35.6 cm³/mol. The third-order valence-corrected chi connectivity index (χ3v) is 0.932. The Morgan fingerprint density at radius 1 is 1.70 bits per heavy atom. The lowest BCUT2D eigenvalue weighted by atomic mass is 10.4. The van der Waals surface area contributed by atoms with Crippen molar-refractivity contribution in [1.29, 1.82) is 0 Å². The van der Waals surface area contributed by atoms with Gasteiger partial charge in [0.1, 0.15) is 0 Å². The van der Waals surface area contributed by atoms with Gasteiger partial charge in [-0.05, 0) is 13.0 Å². The molecule has 0 aromatic rings. The van der Waals surface area contributed by atoms with Gasteiger partial charge in [0.05, 0.1) is 4.92 Å². The van der Waals surface area contributed by atoms with Crippen LogP contribution >= 0.6 is 0 Å². The molecule has 0 atom stereocenters. The predicted octanol–water partition coefficient (Wildman–Crippen LogP) is 2.04. The van der Waals surface area contributed by atoms with E-state index in [0.717, 1.165) is 13.0 Å². The highest BCUT2D eigenvalue weighted by Gasteiger charge is 2.07. The van der Waals surface area contributed by atoms with Gasteiger partial charge in [0.25, 0.3) is 5.70 Å². The molecule has 0 N–H and O–H groups in total. The second kappa shape index (κ2) is 3.76. The van der Waals surface area contributed by atoms with E-state index in [1.54, 1.807) is 6.92 Å². The van der Waals surface area contributed by atoms with E-state index in [2.05, 4.69) is 0 Å². The Labute approximate surface area is 58.0 Å². The van der Waals surface area contributed by atoms with Gasteiger partial charge in [0.15, 0.2) is 5.83 Å². The highest BCUT2D eigenvalue weighted by molar-refractivity contribution is 5.12. The lowest BCUT2D eigenvalue weighted by Gasteiger charge is -1.87. The van der Waals surface area contributed by atoms with Crippen molar-refractivity contribution >= 4 is 0 Å². The number of nitrogens with zero attached hydrogens (tertiary/aromatic N) is 1. The zero-order valence-electron chi connectivity index (χ0n) is 5.80. The molecule has 0 saturated heterocycles. The second-order valence-electron chi connectivity index (χ2n) is 1.69. The summed E-state index contributed by atoms with van der Waals surface area (Å²) in [6, 6.07) is 0. The van der Waals surface area contributed by atoms with Gasteiger partial charge in [-0.3, -0.25) is 10.1 Å². The van der Waals surface area contributed by atoms with Crippen molar-refractivity contribution in [2.24, 2.45) is 0 Å². The molecule has 0 amide bonds. The normalized spacial score (nSPS) is 13.5. The summed E-state index contributed by atoms with van der Waals surface area (Å²) in [4.78, 5) is 9.13. The molecule has 0 rings (SSSR count). The number of rotatable bonds is 2. The largest absolute Gasteiger partial charge is 0.278 e. The smallest absolute Gasteiger partial charge is 0.259 e. The van der Waals surface area contributed by atoms with Gasteiger partial charge in [-0.1, -0.05) is 6.08 Å².